The van der Waals surface area contributed by atoms with Gasteiger partial charge in [-0.25, -0.2) is 0 Å². The predicted octanol–water partition coefficient (Wildman–Crippen LogP) is 2.07. The number of aryl methyl sites for hydroxylation is 1. The van der Waals surface area contributed by atoms with E-state index in [0.29, 0.717) is 18.5 Å². The third-order valence-electron chi connectivity index (χ3n) is 2.77. The number of carboxylic acid groups (broad SMARTS) is 1. The molecule has 0 spiro atoms. The molecule has 0 aliphatic heterocycles. The highest BCUT2D eigenvalue weighted by Crippen LogP contribution is 2.13. The minimum absolute atomic E-state index is 0.0764. The van der Waals surface area contributed by atoms with Crippen LogP contribution in [0.3, 0.4) is 0 Å². The number of amides is 1. The lowest BCUT2D eigenvalue weighted by atomic mass is 10.1. The lowest BCUT2D eigenvalue weighted by Gasteiger charge is -2.13. The number of benzene rings is 1. The van der Waals surface area contributed by atoms with Crippen LogP contribution in [-0.4, -0.2) is 30.2 Å². The molecule has 5 nitrogen and oxygen atoms in total. The van der Waals surface area contributed by atoms with Crippen LogP contribution in [0.4, 0.5) is 5.69 Å². The zero-order chi connectivity index (χ0) is 14.3. The number of ether oxygens (including phenoxy) is 1. The van der Waals surface area contributed by atoms with Crippen molar-refractivity contribution in [3.05, 3.63) is 29.8 Å². The molecule has 2 N–H and O–H groups in total. The second-order valence-corrected chi connectivity index (χ2v) is 4.22. The highest BCUT2D eigenvalue weighted by Gasteiger charge is 2.15. The van der Waals surface area contributed by atoms with E-state index in [-0.39, 0.29) is 12.3 Å². The van der Waals surface area contributed by atoms with E-state index in [1.165, 1.54) is 7.11 Å². The molecular formula is C14H19NO4. The summed E-state index contributed by atoms with van der Waals surface area (Å²) < 4.78 is 5.05. The summed E-state index contributed by atoms with van der Waals surface area (Å²) in [4.78, 5) is 22.3. The first-order chi connectivity index (χ1) is 9.06. The zero-order valence-corrected chi connectivity index (χ0v) is 11.2. The highest BCUT2D eigenvalue weighted by atomic mass is 16.5. The van der Waals surface area contributed by atoms with Gasteiger partial charge in [0.05, 0.1) is 0 Å². The van der Waals surface area contributed by atoms with Gasteiger partial charge in [0.25, 0.3) is 5.91 Å². The van der Waals surface area contributed by atoms with E-state index < -0.39 is 12.1 Å². The molecule has 0 saturated heterocycles. The fraction of sp³-hybridized carbons (Fsp3) is 0.429. The van der Waals surface area contributed by atoms with Crippen molar-refractivity contribution in [1.82, 2.24) is 0 Å². The van der Waals surface area contributed by atoms with Gasteiger partial charge in [-0.2, -0.15) is 0 Å². The average molecular weight is 265 g/mol. The van der Waals surface area contributed by atoms with Gasteiger partial charge in [-0.3, -0.25) is 9.59 Å². The molecule has 0 aliphatic carbocycles. The molecule has 5 heteroatoms. The van der Waals surface area contributed by atoms with Gasteiger partial charge in [-0.15, -0.1) is 0 Å². The van der Waals surface area contributed by atoms with E-state index in [4.69, 9.17) is 9.84 Å². The molecule has 19 heavy (non-hydrogen) atoms. The first-order valence-electron chi connectivity index (χ1n) is 6.21. The van der Waals surface area contributed by atoms with Gasteiger partial charge < -0.3 is 15.2 Å². The molecule has 1 unspecified atom stereocenters. The van der Waals surface area contributed by atoms with Crippen LogP contribution in [0.2, 0.25) is 0 Å². The molecule has 1 aromatic carbocycles. The van der Waals surface area contributed by atoms with Crippen LogP contribution in [0.1, 0.15) is 25.3 Å². The van der Waals surface area contributed by atoms with E-state index in [9.17, 15) is 9.59 Å². The lowest BCUT2D eigenvalue weighted by molar-refractivity contribution is -0.137. The first kappa shape index (κ1) is 15.2. The Morgan fingerprint density at radius 2 is 2.16 bits per heavy atom. The molecule has 0 aliphatic rings. The van der Waals surface area contributed by atoms with Crippen LogP contribution in [0, 0.1) is 0 Å². The van der Waals surface area contributed by atoms with Gasteiger partial charge in [0.15, 0.2) is 0 Å². The molecule has 104 valence electrons. The van der Waals surface area contributed by atoms with Crippen molar-refractivity contribution < 1.29 is 19.4 Å². The molecule has 0 heterocycles. The van der Waals surface area contributed by atoms with Crippen molar-refractivity contribution in [1.29, 1.82) is 0 Å². The van der Waals surface area contributed by atoms with E-state index >= 15 is 0 Å². The molecular weight excluding hydrogens is 246 g/mol. The number of hydrogen-bond donors (Lipinski definition) is 2. The van der Waals surface area contributed by atoms with Gasteiger partial charge in [-0.05, 0) is 30.5 Å². The number of hydrogen-bond acceptors (Lipinski definition) is 3. The fourth-order valence-electron chi connectivity index (χ4n) is 1.74. The summed E-state index contributed by atoms with van der Waals surface area (Å²) in [6, 6.07) is 7.18. The van der Waals surface area contributed by atoms with Crippen molar-refractivity contribution in [2.24, 2.45) is 0 Å². The fourth-order valence-corrected chi connectivity index (χ4v) is 1.74. The van der Waals surface area contributed by atoms with Gasteiger partial charge in [0, 0.05) is 19.2 Å². The lowest BCUT2D eigenvalue weighted by Crippen LogP contribution is -2.28. The molecule has 1 amide bonds. The normalized spacial score (nSPS) is 11.9. The van der Waals surface area contributed by atoms with Crippen LogP contribution in [0.5, 0.6) is 0 Å². The molecule has 0 saturated carbocycles. The molecule has 1 atom stereocenters. The number of anilines is 1. The second-order valence-electron chi connectivity index (χ2n) is 4.22. The number of aliphatic carboxylic acids is 1. The SMILES string of the molecule is CCC(OC)C(=O)Nc1cccc(CCC(=O)O)c1. The molecule has 0 aromatic heterocycles. The van der Waals surface area contributed by atoms with Crippen molar-refractivity contribution in [3.8, 4) is 0 Å². The number of carbonyl (C=O) groups is 2. The molecule has 1 rings (SSSR count). The third-order valence-corrected chi connectivity index (χ3v) is 2.77. The van der Waals surface area contributed by atoms with E-state index in [2.05, 4.69) is 5.32 Å². The average Bonchev–Trinajstić information content (AvgIpc) is 2.38. The maximum Gasteiger partial charge on any atom is 0.303 e. The highest BCUT2D eigenvalue weighted by molar-refractivity contribution is 5.94. The quantitative estimate of drug-likeness (QED) is 0.791. The van der Waals surface area contributed by atoms with Crippen molar-refractivity contribution >= 4 is 17.6 Å². The summed E-state index contributed by atoms with van der Waals surface area (Å²) in [7, 11) is 1.50. The standard InChI is InChI=1S/C14H19NO4/c1-3-12(19-2)14(18)15-11-6-4-5-10(9-11)7-8-13(16)17/h4-6,9,12H,3,7-8H2,1-2H3,(H,15,18)(H,16,17). The van der Waals surface area contributed by atoms with Crippen molar-refractivity contribution in [2.75, 3.05) is 12.4 Å². The number of carboxylic acids is 1. The van der Waals surface area contributed by atoms with Crippen LogP contribution in [-0.2, 0) is 20.7 Å². The Morgan fingerprint density at radius 1 is 1.42 bits per heavy atom. The minimum Gasteiger partial charge on any atom is -0.481 e. The summed E-state index contributed by atoms with van der Waals surface area (Å²) in [5, 5.41) is 11.4. The topological polar surface area (TPSA) is 75.6 Å². The second kappa shape index (κ2) is 7.53. The molecule has 0 radical (unpaired) electrons. The monoisotopic (exact) mass is 265 g/mol. The Bertz CT molecular complexity index is 441. The third kappa shape index (κ3) is 5.09. The largest absolute Gasteiger partial charge is 0.481 e. The van der Waals surface area contributed by atoms with E-state index in [1.54, 1.807) is 18.2 Å². The van der Waals surface area contributed by atoms with E-state index in [1.807, 2.05) is 13.0 Å². The molecule has 0 fully saturated rings. The van der Waals surface area contributed by atoms with Crippen LogP contribution < -0.4 is 5.32 Å². The van der Waals surface area contributed by atoms with Gasteiger partial charge in [0.2, 0.25) is 0 Å². The van der Waals surface area contributed by atoms with Crippen molar-refractivity contribution in [2.45, 2.75) is 32.3 Å². The molecule has 1 aromatic rings. The Morgan fingerprint density at radius 3 is 2.74 bits per heavy atom. The molecule has 0 bridgehead atoms. The first-order valence-corrected chi connectivity index (χ1v) is 6.21. The number of nitrogens with one attached hydrogen (secondary N) is 1. The predicted molar refractivity (Wildman–Crippen MR) is 72.1 cm³/mol. The summed E-state index contributed by atoms with van der Waals surface area (Å²) in [5.41, 5.74) is 1.54. The number of carbonyl (C=O) groups excluding carboxylic acids is 1. The Hall–Kier alpha value is -1.88. The summed E-state index contributed by atoms with van der Waals surface area (Å²) in [6.45, 7) is 1.87. The number of rotatable bonds is 7. The van der Waals surface area contributed by atoms with Gasteiger partial charge in [0.1, 0.15) is 6.10 Å². The van der Waals surface area contributed by atoms with Crippen molar-refractivity contribution in [3.63, 3.8) is 0 Å². The van der Waals surface area contributed by atoms with Crippen LogP contribution in [0.25, 0.3) is 0 Å². The smallest absolute Gasteiger partial charge is 0.303 e. The van der Waals surface area contributed by atoms with Gasteiger partial charge in [-0.1, -0.05) is 19.1 Å². The maximum absolute atomic E-state index is 11.8. The summed E-state index contributed by atoms with van der Waals surface area (Å²) in [5.74, 6) is -1.03. The zero-order valence-electron chi connectivity index (χ0n) is 11.2. The van der Waals surface area contributed by atoms with E-state index in [0.717, 1.165) is 5.56 Å². The minimum atomic E-state index is -0.833. The number of methoxy groups -OCH3 is 1. The summed E-state index contributed by atoms with van der Waals surface area (Å²) in [6.07, 6.45) is 0.650. The maximum atomic E-state index is 11.8. The van der Waals surface area contributed by atoms with Gasteiger partial charge >= 0.3 is 5.97 Å². The Labute approximate surface area is 112 Å². The summed E-state index contributed by atoms with van der Waals surface area (Å²) >= 11 is 0. The Kier molecular flexibility index (Phi) is 6.02. The van der Waals surface area contributed by atoms with Crippen LogP contribution >= 0.6 is 0 Å². The van der Waals surface area contributed by atoms with Crippen LogP contribution in [0.15, 0.2) is 24.3 Å². The Balaban J connectivity index is 2.66.